The maximum Gasteiger partial charge on any atom is 0.343 e. The minimum atomic E-state index is -0.692. The van der Waals surface area contributed by atoms with Crippen molar-refractivity contribution >= 4 is 29.3 Å². The third-order valence-corrected chi connectivity index (χ3v) is 15.9. The number of methoxy groups -OCH3 is 6. The molecule has 7 rings (SSSR count). The first-order valence-electron chi connectivity index (χ1n) is 29.2. The van der Waals surface area contributed by atoms with Crippen molar-refractivity contribution in [2.24, 2.45) is 0 Å². The van der Waals surface area contributed by atoms with Crippen LogP contribution in [0.4, 0.5) is 11.4 Å². The molecule has 1 aliphatic carbocycles. The number of nitro groups is 2. The summed E-state index contributed by atoms with van der Waals surface area (Å²) in [6, 6.07) is 22.0. The van der Waals surface area contributed by atoms with Gasteiger partial charge in [0.2, 0.25) is 0 Å². The van der Waals surface area contributed by atoms with Crippen molar-refractivity contribution in [1.29, 1.82) is 0 Å². The van der Waals surface area contributed by atoms with E-state index in [1.165, 1.54) is 52.7 Å². The smallest absolute Gasteiger partial charge is 0.343 e. The molecule has 0 radical (unpaired) electrons. The van der Waals surface area contributed by atoms with E-state index in [1.807, 2.05) is 45.0 Å². The average Bonchev–Trinajstić information content (AvgIpc) is 1.93. The minimum absolute atomic E-state index is 0.0182. The number of hydrogen-bond donors (Lipinski definition) is 0. The van der Waals surface area contributed by atoms with Gasteiger partial charge in [0.25, 0.3) is 11.4 Å². The third-order valence-electron chi connectivity index (χ3n) is 15.9. The van der Waals surface area contributed by atoms with Gasteiger partial charge in [0.1, 0.15) is 34.5 Å². The lowest BCUT2D eigenvalue weighted by Gasteiger charge is -2.28. The number of benzene rings is 6. The van der Waals surface area contributed by atoms with Gasteiger partial charge in [0.05, 0.1) is 52.5 Å². The lowest BCUT2D eigenvalue weighted by molar-refractivity contribution is -0.385. The maximum atomic E-state index is 13.2. The van der Waals surface area contributed by atoms with Crippen LogP contribution in [0.3, 0.4) is 0 Å². The number of nitro benzene ring substituents is 2. The number of non-ortho nitro benzene ring substituents is 2. The Hall–Kier alpha value is -8.67. The Labute approximate surface area is 516 Å². The summed E-state index contributed by atoms with van der Waals surface area (Å²) >= 11 is 0. The zero-order valence-corrected chi connectivity index (χ0v) is 54.2. The molecule has 18 nitrogen and oxygen atoms in total. The molecular weight excluding hydrogens is 1120 g/mol. The van der Waals surface area contributed by atoms with Gasteiger partial charge in [-0.05, 0) is 88.4 Å². The first kappa shape index (κ1) is 66.8. The normalized spacial score (nSPS) is 12.8. The molecule has 0 spiro atoms. The highest BCUT2D eigenvalue weighted by molar-refractivity contribution is 5.73. The Morgan fingerprint density at radius 2 is 0.500 bits per heavy atom. The Bertz CT molecular complexity index is 3460. The van der Waals surface area contributed by atoms with Gasteiger partial charge >= 0.3 is 17.9 Å². The number of ether oxygens (including phenoxy) is 9. The molecule has 0 saturated carbocycles. The summed E-state index contributed by atoms with van der Waals surface area (Å²) in [5.41, 5.74) is 8.08. The quantitative estimate of drug-likeness (QED) is 0.0427. The second-order valence-electron chi connectivity index (χ2n) is 26.5. The van der Waals surface area contributed by atoms with Crippen LogP contribution in [0.2, 0.25) is 0 Å². The summed E-state index contributed by atoms with van der Waals surface area (Å²) in [5.74, 6) is 0.148. The van der Waals surface area contributed by atoms with Crippen LogP contribution in [-0.4, -0.2) is 90.2 Å². The van der Waals surface area contributed by atoms with Gasteiger partial charge in [-0.3, -0.25) is 20.2 Å². The molecule has 12 bridgehead atoms. The van der Waals surface area contributed by atoms with Crippen molar-refractivity contribution in [3.8, 4) is 34.5 Å². The zero-order valence-electron chi connectivity index (χ0n) is 54.2. The monoisotopic (exact) mass is 1210 g/mol. The first-order valence-corrected chi connectivity index (χ1v) is 29.2. The van der Waals surface area contributed by atoms with Crippen molar-refractivity contribution in [1.82, 2.24) is 0 Å². The molecule has 0 unspecified atom stereocenters. The van der Waals surface area contributed by atoms with Crippen molar-refractivity contribution < 1.29 is 66.9 Å². The molecule has 0 atom stereocenters. The van der Waals surface area contributed by atoms with E-state index < -0.39 is 69.2 Å². The van der Waals surface area contributed by atoms with Gasteiger partial charge in [-0.25, -0.2) is 14.4 Å². The van der Waals surface area contributed by atoms with E-state index in [0.29, 0.717) is 78.6 Å². The molecule has 0 saturated heterocycles. The van der Waals surface area contributed by atoms with Crippen molar-refractivity contribution in [2.75, 3.05) is 62.5 Å². The Balaban J connectivity index is 1.70. The van der Waals surface area contributed by atoms with Crippen LogP contribution in [-0.2, 0) is 88.8 Å². The van der Waals surface area contributed by atoms with Crippen LogP contribution in [0.25, 0.3) is 0 Å². The zero-order chi connectivity index (χ0) is 65.0. The Morgan fingerprint density at radius 1 is 0.330 bits per heavy atom. The summed E-state index contributed by atoms with van der Waals surface area (Å²) in [4.78, 5) is 64.8. The van der Waals surface area contributed by atoms with Gasteiger partial charge in [-0.15, -0.1) is 0 Å². The molecule has 1 aliphatic rings. The van der Waals surface area contributed by atoms with Gasteiger partial charge in [0.15, 0.2) is 19.8 Å². The lowest BCUT2D eigenvalue weighted by atomic mass is 9.80. The summed E-state index contributed by atoms with van der Waals surface area (Å²) in [5, 5.41) is 26.4. The number of hydrogen-bond acceptors (Lipinski definition) is 16. The summed E-state index contributed by atoms with van der Waals surface area (Å²) < 4.78 is 54.2. The highest BCUT2D eigenvalue weighted by Crippen LogP contribution is 2.46. The third kappa shape index (κ3) is 15.5. The molecule has 0 N–H and O–H groups in total. The number of carbonyl (C=O) groups excluding carboxylic acids is 3. The molecule has 88 heavy (non-hydrogen) atoms. The predicted octanol–water partition coefficient (Wildman–Crippen LogP) is 13.2. The highest BCUT2D eigenvalue weighted by Gasteiger charge is 2.31. The molecule has 0 fully saturated rings. The van der Waals surface area contributed by atoms with Gasteiger partial charge in [-0.1, -0.05) is 132 Å². The van der Waals surface area contributed by atoms with Gasteiger partial charge in [-0.2, -0.15) is 0 Å². The summed E-state index contributed by atoms with van der Waals surface area (Å²) in [7, 11) is 8.43. The van der Waals surface area contributed by atoms with Crippen LogP contribution in [0, 0.1) is 20.2 Å². The lowest BCUT2D eigenvalue weighted by Crippen LogP contribution is -2.18. The topological polar surface area (TPSA) is 221 Å². The van der Waals surface area contributed by atoms with E-state index in [4.69, 9.17) is 42.6 Å². The fraction of sp³-hybridized carbons (Fsp3) is 0.443. The van der Waals surface area contributed by atoms with E-state index in [0.717, 1.165) is 33.4 Å². The van der Waals surface area contributed by atoms with Crippen LogP contribution in [0.15, 0.2) is 72.8 Å². The number of nitrogens with zero attached hydrogens (tertiary/aromatic N) is 2. The summed E-state index contributed by atoms with van der Waals surface area (Å²) in [6.45, 7) is 23.5. The van der Waals surface area contributed by atoms with E-state index >= 15 is 0 Å². The second-order valence-corrected chi connectivity index (χ2v) is 26.5. The number of carbonyl (C=O) groups is 3. The van der Waals surface area contributed by atoms with Crippen molar-refractivity contribution in [2.45, 2.75) is 143 Å². The van der Waals surface area contributed by atoms with E-state index in [-0.39, 0.29) is 61.4 Å². The van der Waals surface area contributed by atoms with E-state index in [2.05, 4.69) is 86.6 Å². The standard InChI is InChI=1S/C70H84N2O16/c1-67(2,3)52-25-40-19-46-31-55(70(10,11)12)32-47(64(46)86-37-58(73)80-13)20-41-26-53(68(4,5)6)28-43(62(41)84-17)22-49-34-57(72(78)79)36-51(66(49)88-39-60(75)82-15)24-45-30-54(69(7,8)9)29-44(63(45)85-18)23-50-35-56(71(76)77)33-48(21-42(27-52)61(40)83-16)65(50)87-38-59(74)81-14/h25-36H,19-24,37-39H2,1-18H3. The first-order chi connectivity index (χ1) is 41.2. The van der Waals surface area contributed by atoms with Crippen molar-refractivity contribution in [3.63, 3.8) is 0 Å². The number of esters is 3. The van der Waals surface area contributed by atoms with E-state index in [1.54, 1.807) is 14.2 Å². The molecule has 0 aliphatic heterocycles. The van der Waals surface area contributed by atoms with Crippen LogP contribution in [0.5, 0.6) is 34.5 Å². The average molecular weight is 1210 g/mol. The summed E-state index contributed by atoms with van der Waals surface area (Å²) in [6.07, 6.45) is 0.386. The maximum absolute atomic E-state index is 13.2. The fourth-order valence-electron chi connectivity index (χ4n) is 11.2. The number of rotatable bonds is 14. The van der Waals surface area contributed by atoms with Gasteiger partial charge in [0, 0.05) is 85.0 Å². The largest absolute Gasteiger partial charge is 0.496 e. The van der Waals surface area contributed by atoms with Crippen LogP contribution in [0.1, 0.15) is 172 Å². The van der Waals surface area contributed by atoms with Crippen LogP contribution < -0.4 is 28.4 Å². The number of fused-ring (bicyclic) bond motifs is 12. The molecular formula is C70H84N2O16. The Morgan fingerprint density at radius 3 is 0.648 bits per heavy atom. The predicted molar refractivity (Wildman–Crippen MR) is 336 cm³/mol. The second kappa shape index (κ2) is 26.7. The van der Waals surface area contributed by atoms with Gasteiger partial charge < -0.3 is 42.6 Å². The molecule has 0 amide bonds. The minimum Gasteiger partial charge on any atom is -0.496 e. The van der Waals surface area contributed by atoms with Crippen LogP contribution >= 0.6 is 0 Å². The molecule has 0 heterocycles. The molecule has 0 aromatic heterocycles. The molecule has 470 valence electrons. The molecule has 6 aromatic carbocycles. The highest BCUT2D eigenvalue weighted by atomic mass is 16.6. The molecule has 18 heteroatoms. The SMILES string of the molecule is COC(=O)COc1c2cc([N+](=O)[O-])cc1Cc1cc(C(C)(C)C)cc(c1OC)Cc1cc(C(C)(C)C)cc(c1OCC(=O)OC)Cc1cc(C(C)(C)C)cc(c1OC)Cc1cc([N+](=O)[O-])cc(c1OCC(=O)OC)Cc1cc(C(C)(C)C)cc(c1OC)C2. The Kier molecular flexibility index (Phi) is 20.3. The van der Waals surface area contributed by atoms with E-state index in [9.17, 15) is 34.6 Å². The molecule has 6 aromatic rings. The fourth-order valence-corrected chi connectivity index (χ4v) is 11.2. The van der Waals surface area contributed by atoms with Crippen molar-refractivity contribution in [3.05, 3.63) is 182 Å².